The number of anilines is 1. The Morgan fingerprint density at radius 2 is 2.27 bits per heavy atom. The fourth-order valence-electron chi connectivity index (χ4n) is 1.38. The predicted octanol–water partition coefficient (Wildman–Crippen LogP) is 1.36. The molecule has 0 aromatic carbocycles. The van der Waals surface area contributed by atoms with Crippen molar-refractivity contribution >= 4 is 17.2 Å². The monoisotopic (exact) mass is 220 g/mol. The molecule has 5 heteroatoms. The Morgan fingerprint density at radius 3 is 2.93 bits per heavy atom. The quantitative estimate of drug-likeness (QED) is 0.818. The first kappa shape index (κ1) is 10.1. The Labute approximate surface area is 92.0 Å². The van der Waals surface area contributed by atoms with Crippen LogP contribution in [0.25, 0.3) is 0 Å². The summed E-state index contributed by atoms with van der Waals surface area (Å²) in [5, 5.41) is 1.97. The molecule has 0 fully saturated rings. The lowest BCUT2D eigenvalue weighted by Gasteiger charge is -2.08. The first-order valence-corrected chi connectivity index (χ1v) is 5.54. The first-order valence-electron chi connectivity index (χ1n) is 4.60. The van der Waals surface area contributed by atoms with Gasteiger partial charge in [-0.2, -0.15) is 0 Å². The molecule has 0 saturated heterocycles. The number of hydrogen-bond acceptors (Lipinski definition) is 5. The Balaban J connectivity index is 2.09. The van der Waals surface area contributed by atoms with E-state index >= 15 is 0 Å². The molecule has 2 heterocycles. The highest BCUT2D eigenvalue weighted by atomic mass is 32.1. The highest BCUT2D eigenvalue weighted by Gasteiger charge is 2.08. The first-order chi connectivity index (χ1) is 7.25. The third-order valence-electron chi connectivity index (χ3n) is 2.13. The molecule has 2 rings (SSSR count). The van der Waals surface area contributed by atoms with Crippen molar-refractivity contribution in [2.24, 2.45) is 5.73 Å². The molecule has 0 aliphatic rings. The topological polar surface area (TPSA) is 77.8 Å². The van der Waals surface area contributed by atoms with E-state index in [1.54, 1.807) is 23.0 Å². The lowest BCUT2D eigenvalue weighted by Crippen LogP contribution is -2.13. The van der Waals surface area contributed by atoms with Gasteiger partial charge in [0.2, 0.25) is 0 Å². The van der Waals surface area contributed by atoms with E-state index in [0.717, 1.165) is 17.7 Å². The molecule has 1 atom stereocenters. The van der Waals surface area contributed by atoms with E-state index in [1.807, 2.05) is 17.5 Å². The van der Waals surface area contributed by atoms with Crippen LogP contribution < -0.4 is 11.5 Å². The van der Waals surface area contributed by atoms with Gasteiger partial charge in [-0.1, -0.05) is 0 Å². The standard InChI is InChI=1S/C10H12N4S/c11-8(9-5-15-6-14-9)3-7-1-2-13-10(12)4-7/h1-2,4-6,8H,3,11H2,(H2,12,13). The minimum atomic E-state index is -0.0713. The van der Waals surface area contributed by atoms with Crippen LogP contribution in [0.3, 0.4) is 0 Å². The van der Waals surface area contributed by atoms with Crippen LogP contribution in [-0.2, 0) is 6.42 Å². The zero-order chi connectivity index (χ0) is 10.7. The molecule has 4 N–H and O–H groups in total. The maximum Gasteiger partial charge on any atom is 0.123 e. The number of thiazole rings is 1. The van der Waals surface area contributed by atoms with Crippen LogP contribution in [-0.4, -0.2) is 9.97 Å². The second-order valence-electron chi connectivity index (χ2n) is 3.31. The predicted molar refractivity (Wildman–Crippen MR) is 61.4 cm³/mol. The van der Waals surface area contributed by atoms with Crippen molar-refractivity contribution in [1.29, 1.82) is 0 Å². The van der Waals surface area contributed by atoms with Crippen LogP contribution in [0.5, 0.6) is 0 Å². The van der Waals surface area contributed by atoms with E-state index < -0.39 is 0 Å². The van der Waals surface area contributed by atoms with E-state index in [9.17, 15) is 0 Å². The summed E-state index contributed by atoms with van der Waals surface area (Å²) in [6.07, 6.45) is 2.43. The number of rotatable bonds is 3. The second kappa shape index (κ2) is 4.37. The molecule has 0 aliphatic carbocycles. The summed E-state index contributed by atoms with van der Waals surface area (Å²) in [6, 6.07) is 3.69. The molecule has 78 valence electrons. The van der Waals surface area contributed by atoms with Crippen molar-refractivity contribution in [3.63, 3.8) is 0 Å². The second-order valence-corrected chi connectivity index (χ2v) is 4.03. The Hall–Kier alpha value is -1.46. The molecular weight excluding hydrogens is 208 g/mol. The Kier molecular flexibility index (Phi) is 2.94. The van der Waals surface area contributed by atoms with Crippen LogP contribution in [0.1, 0.15) is 17.3 Å². The molecular formula is C10H12N4S. The maximum absolute atomic E-state index is 6.00. The van der Waals surface area contributed by atoms with E-state index in [2.05, 4.69) is 9.97 Å². The Morgan fingerprint density at radius 1 is 1.40 bits per heavy atom. The molecule has 2 aromatic heterocycles. The van der Waals surface area contributed by atoms with Crippen LogP contribution in [0.2, 0.25) is 0 Å². The van der Waals surface area contributed by atoms with Crippen molar-refractivity contribution in [3.8, 4) is 0 Å². The fourth-order valence-corrected chi connectivity index (χ4v) is 2.00. The average Bonchev–Trinajstić information content (AvgIpc) is 2.70. The van der Waals surface area contributed by atoms with Crippen molar-refractivity contribution in [2.75, 3.05) is 5.73 Å². The number of aromatic nitrogens is 2. The average molecular weight is 220 g/mol. The van der Waals surface area contributed by atoms with E-state index in [1.165, 1.54) is 0 Å². The molecule has 0 bridgehead atoms. The van der Waals surface area contributed by atoms with Crippen LogP contribution in [0, 0.1) is 0 Å². The van der Waals surface area contributed by atoms with Gasteiger partial charge >= 0.3 is 0 Å². The van der Waals surface area contributed by atoms with Crippen molar-refractivity contribution in [1.82, 2.24) is 9.97 Å². The van der Waals surface area contributed by atoms with Gasteiger partial charge in [0.15, 0.2) is 0 Å². The number of pyridine rings is 1. The minimum Gasteiger partial charge on any atom is -0.384 e. The third kappa shape index (κ3) is 2.51. The highest BCUT2D eigenvalue weighted by molar-refractivity contribution is 7.07. The van der Waals surface area contributed by atoms with Gasteiger partial charge in [-0.25, -0.2) is 9.97 Å². The minimum absolute atomic E-state index is 0.0713. The maximum atomic E-state index is 6.00. The van der Waals surface area contributed by atoms with Gasteiger partial charge in [0, 0.05) is 11.6 Å². The van der Waals surface area contributed by atoms with E-state index in [0.29, 0.717) is 5.82 Å². The summed E-state index contributed by atoms with van der Waals surface area (Å²) in [4.78, 5) is 8.11. The van der Waals surface area contributed by atoms with Gasteiger partial charge < -0.3 is 11.5 Å². The summed E-state index contributed by atoms with van der Waals surface area (Å²) in [6.45, 7) is 0. The Bertz CT molecular complexity index is 427. The van der Waals surface area contributed by atoms with Gasteiger partial charge in [0.25, 0.3) is 0 Å². The molecule has 0 aliphatic heterocycles. The summed E-state index contributed by atoms with van der Waals surface area (Å²) in [7, 11) is 0. The summed E-state index contributed by atoms with van der Waals surface area (Å²) < 4.78 is 0. The van der Waals surface area contributed by atoms with Crippen molar-refractivity contribution in [2.45, 2.75) is 12.5 Å². The van der Waals surface area contributed by atoms with Gasteiger partial charge in [-0.05, 0) is 24.1 Å². The third-order valence-corrected chi connectivity index (χ3v) is 2.74. The van der Waals surface area contributed by atoms with E-state index in [-0.39, 0.29) is 6.04 Å². The lowest BCUT2D eigenvalue weighted by atomic mass is 10.1. The number of nitrogens with two attached hydrogens (primary N) is 2. The molecule has 0 saturated carbocycles. The summed E-state index contributed by atoms with van der Waals surface area (Å²) in [5.41, 5.74) is 15.4. The van der Waals surface area contributed by atoms with Gasteiger partial charge in [-0.3, -0.25) is 0 Å². The zero-order valence-electron chi connectivity index (χ0n) is 8.13. The summed E-state index contributed by atoms with van der Waals surface area (Å²) in [5.74, 6) is 0.526. The number of nitrogen functional groups attached to an aromatic ring is 1. The van der Waals surface area contributed by atoms with Crippen LogP contribution in [0.4, 0.5) is 5.82 Å². The molecule has 1 unspecified atom stereocenters. The molecule has 2 aromatic rings. The van der Waals surface area contributed by atoms with Gasteiger partial charge in [-0.15, -0.1) is 11.3 Å². The SMILES string of the molecule is Nc1cc(CC(N)c2cscn2)ccn1. The zero-order valence-corrected chi connectivity index (χ0v) is 8.95. The number of nitrogens with zero attached hydrogens (tertiary/aromatic N) is 2. The van der Waals surface area contributed by atoms with Crippen molar-refractivity contribution < 1.29 is 0 Å². The fraction of sp³-hybridized carbons (Fsp3) is 0.200. The number of hydrogen-bond donors (Lipinski definition) is 2. The molecule has 4 nitrogen and oxygen atoms in total. The van der Waals surface area contributed by atoms with E-state index in [4.69, 9.17) is 11.5 Å². The van der Waals surface area contributed by atoms with Crippen molar-refractivity contribution in [3.05, 3.63) is 40.5 Å². The molecule has 15 heavy (non-hydrogen) atoms. The smallest absolute Gasteiger partial charge is 0.123 e. The van der Waals surface area contributed by atoms with Gasteiger partial charge in [0.05, 0.1) is 17.2 Å². The molecule has 0 amide bonds. The lowest BCUT2D eigenvalue weighted by molar-refractivity contribution is 0.701. The normalized spacial score (nSPS) is 12.6. The van der Waals surface area contributed by atoms with Gasteiger partial charge in [0.1, 0.15) is 5.82 Å². The van der Waals surface area contributed by atoms with Crippen LogP contribution >= 0.6 is 11.3 Å². The molecule has 0 radical (unpaired) electrons. The molecule has 0 spiro atoms. The largest absolute Gasteiger partial charge is 0.384 e. The van der Waals surface area contributed by atoms with Crippen LogP contribution in [0.15, 0.2) is 29.2 Å². The highest BCUT2D eigenvalue weighted by Crippen LogP contribution is 2.16. The summed E-state index contributed by atoms with van der Waals surface area (Å²) >= 11 is 1.55.